The van der Waals surface area contributed by atoms with E-state index in [-0.39, 0.29) is 0 Å². The lowest BCUT2D eigenvalue weighted by Crippen LogP contribution is -2.56. The maximum atomic E-state index is 3.77. The van der Waals surface area contributed by atoms with Crippen molar-refractivity contribution in [1.29, 1.82) is 0 Å². The molecule has 1 aliphatic heterocycles. The summed E-state index contributed by atoms with van der Waals surface area (Å²) in [4.78, 5) is 2.77. The van der Waals surface area contributed by atoms with Crippen molar-refractivity contribution < 1.29 is 0 Å². The first kappa shape index (κ1) is 16.5. The highest BCUT2D eigenvalue weighted by atomic mass is 15.3. The zero-order chi connectivity index (χ0) is 15.2. The Hall–Kier alpha value is -0.860. The second-order valence-electron chi connectivity index (χ2n) is 6.74. The smallest absolute Gasteiger partial charge is 0.0476 e. The van der Waals surface area contributed by atoms with Crippen LogP contribution in [0.15, 0.2) is 30.3 Å². The molecule has 1 N–H and O–H groups in total. The molecule has 1 aromatic rings. The van der Waals surface area contributed by atoms with Gasteiger partial charge in [-0.2, -0.15) is 0 Å². The number of nitrogens with zero attached hydrogens (tertiary/aromatic N) is 1. The predicted molar refractivity (Wildman–Crippen MR) is 91.5 cm³/mol. The van der Waals surface area contributed by atoms with Gasteiger partial charge in [0.2, 0.25) is 0 Å². The zero-order valence-electron chi connectivity index (χ0n) is 14.2. The van der Waals surface area contributed by atoms with E-state index in [0.717, 1.165) is 6.54 Å². The van der Waals surface area contributed by atoms with Gasteiger partial charge in [-0.1, -0.05) is 64.4 Å². The largest absolute Gasteiger partial charge is 0.311 e. The molecule has 0 aromatic heterocycles. The van der Waals surface area contributed by atoms with Crippen LogP contribution in [-0.2, 0) is 0 Å². The van der Waals surface area contributed by atoms with Gasteiger partial charge in [0.15, 0.2) is 0 Å². The molecule has 0 saturated carbocycles. The van der Waals surface area contributed by atoms with Gasteiger partial charge in [0.1, 0.15) is 0 Å². The Kier molecular flexibility index (Phi) is 6.25. The Morgan fingerprint density at radius 2 is 1.90 bits per heavy atom. The lowest BCUT2D eigenvalue weighted by molar-refractivity contribution is 0.0533. The first-order chi connectivity index (χ1) is 10.2. The molecule has 3 unspecified atom stereocenters. The summed E-state index contributed by atoms with van der Waals surface area (Å²) in [6.07, 6.45) is 3.78. The molecule has 21 heavy (non-hydrogen) atoms. The SMILES string of the molecule is CCCC1CN(C(CC)C(C)C)C(c2ccccc2)CN1. The van der Waals surface area contributed by atoms with Crippen molar-refractivity contribution >= 4 is 0 Å². The summed E-state index contributed by atoms with van der Waals surface area (Å²) in [7, 11) is 0. The number of hydrogen-bond donors (Lipinski definition) is 1. The number of nitrogens with one attached hydrogen (secondary N) is 1. The molecular weight excluding hydrogens is 256 g/mol. The Labute approximate surface area is 130 Å². The Balaban J connectivity index is 2.21. The molecule has 0 radical (unpaired) electrons. The highest BCUT2D eigenvalue weighted by Gasteiger charge is 2.33. The van der Waals surface area contributed by atoms with Crippen molar-refractivity contribution in [2.24, 2.45) is 5.92 Å². The normalized spacial score (nSPS) is 25.2. The quantitative estimate of drug-likeness (QED) is 0.842. The fourth-order valence-electron chi connectivity index (χ4n) is 3.82. The molecule has 1 aliphatic rings. The van der Waals surface area contributed by atoms with Crippen LogP contribution in [0.4, 0.5) is 0 Å². The summed E-state index contributed by atoms with van der Waals surface area (Å²) < 4.78 is 0. The third-order valence-electron chi connectivity index (χ3n) is 4.87. The van der Waals surface area contributed by atoms with Gasteiger partial charge in [-0.25, -0.2) is 0 Å². The average molecular weight is 288 g/mol. The van der Waals surface area contributed by atoms with Gasteiger partial charge in [0.25, 0.3) is 0 Å². The summed E-state index contributed by atoms with van der Waals surface area (Å²) in [5.74, 6) is 0.710. The molecule has 1 saturated heterocycles. The van der Waals surface area contributed by atoms with Crippen molar-refractivity contribution in [2.75, 3.05) is 13.1 Å². The minimum Gasteiger partial charge on any atom is -0.311 e. The maximum absolute atomic E-state index is 3.77. The van der Waals surface area contributed by atoms with Crippen LogP contribution in [0, 0.1) is 5.92 Å². The minimum absolute atomic E-state index is 0.520. The van der Waals surface area contributed by atoms with Crippen LogP contribution in [0.1, 0.15) is 58.6 Å². The predicted octanol–water partition coefficient (Wildman–Crippen LogP) is 4.24. The number of benzene rings is 1. The lowest BCUT2D eigenvalue weighted by Gasteiger charge is -2.46. The molecule has 1 heterocycles. The van der Waals surface area contributed by atoms with Crippen molar-refractivity contribution in [3.8, 4) is 0 Å². The van der Waals surface area contributed by atoms with E-state index in [1.807, 2.05) is 0 Å². The third-order valence-corrected chi connectivity index (χ3v) is 4.87. The first-order valence-electron chi connectivity index (χ1n) is 8.71. The molecule has 0 bridgehead atoms. The molecule has 118 valence electrons. The highest BCUT2D eigenvalue weighted by Crippen LogP contribution is 2.30. The Bertz CT molecular complexity index is 401. The molecule has 1 fully saturated rings. The molecular formula is C19H32N2. The molecule has 1 aromatic carbocycles. The topological polar surface area (TPSA) is 15.3 Å². The zero-order valence-corrected chi connectivity index (χ0v) is 14.2. The van der Waals surface area contributed by atoms with Crippen LogP contribution in [0.25, 0.3) is 0 Å². The van der Waals surface area contributed by atoms with Crippen molar-refractivity contribution in [1.82, 2.24) is 10.2 Å². The molecule has 2 nitrogen and oxygen atoms in total. The summed E-state index contributed by atoms with van der Waals surface area (Å²) >= 11 is 0. The lowest BCUT2D eigenvalue weighted by atomic mass is 9.92. The average Bonchev–Trinajstić information content (AvgIpc) is 2.49. The van der Waals surface area contributed by atoms with Gasteiger partial charge in [-0.15, -0.1) is 0 Å². The molecule has 0 aliphatic carbocycles. The van der Waals surface area contributed by atoms with Gasteiger partial charge >= 0.3 is 0 Å². The van der Waals surface area contributed by atoms with E-state index in [9.17, 15) is 0 Å². The Morgan fingerprint density at radius 1 is 1.19 bits per heavy atom. The molecule has 2 rings (SSSR count). The number of hydrogen-bond acceptors (Lipinski definition) is 2. The summed E-state index contributed by atoms with van der Waals surface area (Å²) in [5.41, 5.74) is 1.46. The van der Waals surface area contributed by atoms with Crippen molar-refractivity contribution in [3.05, 3.63) is 35.9 Å². The van der Waals surface area contributed by atoms with Gasteiger partial charge in [0.05, 0.1) is 0 Å². The van der Waals surface area contributed by atoms with E-state index in [1.165, 1.54) is 31.4 Å². The molecule has 0 amide bonds. The monoisotopic (exact) mass is 288 g/mol. The first-order valence-corrected chi connectivity index (χ1v) is 8.71. The Morgan fingerprint density at radius 3 is 2.48 bits per heavy atom. The van der Waals surface area contributed by atoms with Crippen LogP contribution in [-0.4, -0.2) is 30.1 Å². The fourth-order valence-corrected chi connectivity index (χ4v) is 3.82. The molecule has 3 atom stereocenters. The fraction of sp³-hybridized carbons (Fsp3) is 0.684. The van der Waals surface area contributed by atoms with E-state index >= 15 is 0 Å². The van der Waals surface area contributed by atoms with E-state index in [4.69, 9.17) is 0 Å². The second-order valence-corrected chi connectivity index (χ2v) is 6.74. The summed E-state index contributed by atoms with van der Waals surface area (Å²) in [5, 5.41) is 3.77. The summed E-state index contributed by atoms with van der Waals surface area (Å²) in [6, 6.07) is 12.9. The van der Waals surface area contributed by atoms with Crippen molar-refractivity contribution in [3.63, 3.8) is 0 Å². The maximum Gasteiger partial charge on any atom is 0.0476 e. The van der Waals surface area contributed by atoms with Gasteiger partial charge in [0, 0.05) is 31.2 Å². The molecule has 0 spiro atoms. The van der Waals surface area contributed by atoms with Crippen LogP contribution in [0.2, 0.25) is 0 Å². The van der Waals surface area contributed by atoms with E-state index in [1.54, 1.807) is 0 Å². The van der Waals surface area contributed by atoms with E-state index in [0.29, 0.717) is 24.0 Å². The van der Waals surface area contributed by atoms with E-state index < -0.39 is 0 Å². The van der Waals surface area contributed by atoms with Crippen LogP contribution < -0.4 is 5.32 Å². The standard InChI is InChI=1S/C19H32N2/c1-5-10-17-14-21(18(6-2)15(3)4)19(13-20-17)16-11-8-7-9-12-16/h7-9,11-12,15,17-20H,5-6,10,13-14H2,1-4H3. The van der Waals surface area contributed by atoms with Crippen LogP contribution in [0.5, 0.6) is 0 Å². The second kappa shape index (κ2) is 7.95. The highest BCUT2D eigenvalue weighted by molar-refractivity contribution is 5.20. The van der Waals surface area contributed by atoms with Gasteiger partial charge < -0.3 is 5.32 Å². The van der Waals surface area contributed by atoms with Crippen LogP contribution in [0.3, 0.4) is 0 Å². The minimum atomic E-state index is 0.520. The third kappa shape index (κ3) is 4.08. The number of piperazine rings is 1. The molecule has 2 heteroatoms. The van der Waals surface area contributed by atoms with Crippen LogP contribution >= 0.6 is 0 Å². The van der Waals surface area contributed by atoms with Gasteiger partial charge in [-0.05, 0) is 24.3 Å². The van der Waals surface area contributed by atoms with Crippen molar-refractivity contribution in [2.45, 2.75) is 65.1 Å². The van der Waals surface area contributed by atoms with E-state index in [2.05, 4.69) is 68.2 Å². The summed E-state index contributed by atoms with van der Waals surface area (Å²) in [6.45, 7) is 11.6. The number of rotatable bonds is 6. The van der Waals surface area contributed by atoms with Gasteiger partial charge in [-0.3, -0.25) is 4.90 Å².